The second kappa shape index (κ2) is 2.47. The van der Waals surface area contributed by atoms with E-state index in [4.69, 9.17) is 4.74 Å². The molecule has 4 heteroatoms. The average Bonchev–Trinajstić information content (AvgIpc) is 2.00. The van der Waals surface area contributed by atoms with Gasteiger partial charge in [0.1, 0.15) is 0 Å². The highest BCUT2D eigenvalue weighted by atomic mass is 16.5. The van der Waals surface area contributed by atoms with Gasteiger partial charge in [0, 0.05) is 19.4 Å². The molecule has 0 amide bonds. The maximum absolute atomic E-state index is 11.1. The average molecular weight is 155 g/mol. The summed E-state index contributed by atoms with van der Waals surface area (Å²) in [6.45, 7) is 1.51. The van der Waals surface area contributed by atoms with E-state index in [-0.39, 0.29) is 0 Å². The van der Waals surface area contributed by atoms with Crippen molar-refractivity contribution in [3.05, 3.63) is 12.3 Å². The molecule has 0 saturated heterocycles. The summed E-state index contributed by atoms with van der Waals surface area (Å²) < 4.78 is 4.83. The fourth-order valence-corrected chi connectivity index (χ4v) is 0.804. The second-order valence-corrected chi connectivity index (χ2v) is 2.41. The molecule has 0 aromatic heterocycles. The predicted octanol–water partition coefficient (Wildman–Crippen LogP) is -0.396. The molecule has 0 aromatic rings. The van der Waals surface area contributed by atoms with E-state index in [1.54, 1.807) is 0 Å². The number of methoxy groups -OCH3 is 1. The molecule has 0 bridgehead atoms. The molecule has 60 valence electrons. The van der Waals surface area contributed by atoms with Crippen molar-refractivity contribution >= 4 is 11.6 Å². The van der Waals surface area contributed by atoms with Crippen LogP contribution in [0.5, 0.6) is 0 Å². The smallest absolute Gasteiger partial charge is 0.254 e. The van der Waals surface area contributed by atoms with Gasteiger partial charge in [-0.25, -0.2) is 0 Å². The summed E-state index contributed by atoms with van der Waals surface area (Å²) in [7, 11) is 1.37. The first-order chi connectivity index (χ1) is 5.10. The minimum absolute atomic E-state index is 0.534. The lowest BCUT2D eigenvalue weighted by Crippen LogP contribution is -2.53. The number of ketones is 2. The van der Waals surface area contributed by atoms with Crippen LogP contribution in [0.3, 0.4) is 0 Å². The second-order valence-electron chi connectivity index (χ2n) is 2.41. The van der Waals surface area contributed by atoms with E-state index in [9.17, 15) is 9.59 Å². The van der Waals surface area contributed by atoms with Crippen LogP contribution < -0.4 is 5.32 Å². The Morgan fingerprint density at radius 2 is 2.18 bits per heavy atom. The predicted molar refractivity (Wildman–Crippen MR) is 37.7 cm³/mol. The SMILES string of the molecule is COC1(C)NC=CC(=O)C1=O. The Morgan fingerprint density at radius 1 is 1.55 bits per heavy atom. The van der Waals surface area contributed by atoms with E-state index < -0.39 is 17.3 Å². The fraction of sp³-hybridized carbons (Fsp3) is 0.429. The van der Waals surface area contributed by atoms with E-state index in [1.807, 2.05) is 0 Å². The maximum Gasteiger partial charge on any atom is 0.254 e. The van der Waals surface area contributed by atoms with Crippen molar-refractivity contribution in [2.24, 2.45) is 0 Å². The number of ether oxygens (including phenoxy) is 1. The van der Waals surface area contributed by atoms with Crippen LogP contribution in [-0.4, -0.2) is 24.4 Å². The van der Waals surface area contributed by atoms with Gasteiger partial charge in [0.15, 0.2) is 0 Å². The summed E-state index contributed by atoms with van der Waals surface area (Å²) in [5.74, 6) is -1.10. The molecule has 1 atom stereocenters. The van der Waals surface area contributed by atoms with Crippen LogP contribution in [0.4, 0.5) is 0 Å². The fourth-order valence-electron chi connectivity index (χ4n) is 0.804. The van der Waals surface area contributed by atoms with Crippen LogP contribution in [0.1, 0.15) is 6.92 Å². The maximum atomic E-state index is 11.1. The Labute approximate surface area is 64.2 Å². The number of nitrogens with one attached hydrogen (secondary N) is 1. The summed E-state index contributed by atoms with van der Waals surface area (Å²) >= 11 is 0. The summed E-state index contributed by atoms with van der Waals surface area (Å²) in [5, 5.41) is 2.65. The van der Waals surface area contributed by atoms with Gasteiger partial charge in [-0.1, -0.05) is 0 Å². The Kier molecular flexibility index (Phi) is 1.78. The molecular formula is C7H9NO3. The van der Waals surface area contributed by atoms with Crippen molar-refractivity contribution in [2.75, 3.05) is 7.11 Å². The first kappa shape index (κ1) is 7.94. The van der Waals surface area contributed by atoms with Gasteiger partial charge in [0.25, 0.3) is 5.78 Å². The molecule has 1 aliphatic rings. The number of hydrogen-bond acceptors (Lipinski definition) is 4. The minimum Gasteiger partial charge on any atom is -0.357 e. The van der Waals surface area contributed by atoms with Crippen molar-refractivity contribution in [2.45, 2.75) is 12.6 Å². The molecule has 0 radical (unpaired) electrons. The molecule has 0 aliphatic carbocycles. The third-order valence-corrected chi connectivity index (χ3v) is 1.66. The Bertz CT molecular complexity index is 234. The Morgan fingerprint density at radius 3 is 2.64 bits per heavy atom. The lowest BCUT2D eigenvalue weighted by Gasteiger charge is -2.27. The molecule has 0 fully saturated rings. The molecular weight excluding hydrogens is 146 g/mol. The first-order valence-electron chi connectivity index (χ1n) is 3.18. The number of hydrogen-bond donors (Lipinski definition) is 1. The molecule has 1 heterocycles. The lowest BCUT2D eigenvalue weighted by molar-refractivity contribution is -0.150. The topological polar surface area (TPSA) is 55.4 Å². The molecule has 0 saturated carbocycles. The molecule has 1 unspecified atom stereocenters. The monoisotopic (exact) mass is 155 g/mol. The van der Waals surface area contributed by atoms with Gasteiger partial charge in [-0.2, -0.15) is 0 Å². The summed E-state index contributed by atoms with van der Waals surface area (Å²) in [4.78, 5) is 21.9. The van der Waals surface area contributed by atoms with Crippen LogP contribution >= 0.6 is 0 Å². The molecule has 4 nitrogen and oxygen atoms in total. The van der Waals surface area contributed by atoms with Gasteiger partial charge in [-0.15, -0.1) is 0 Å². The van der Waals surface area contributed by atoms with Crippen molar-refractivity contribution in [1.29, 1.82) is 0 Å². The number of carbonyl (C=O) groups excluding carboxylic acids is 2. The van der Waals surface area contributed by atoms with Gasteiger partial charge < -0.3 is 10.1 Å². The largest absolute Gasteiger partial charge is 0.357 e. The van der Waals surface area contributed by atoms with E-state index in [0.717, 1.165) is 0 Å². The molecule has 1 N–H and O–H groups in total. The molecule has 1 aliphatic heterocycles. The number of Topliss-reactive ketones (excluding diaryl/α,β-unsaturated/α-hetero) is 1. The van der Waals surface area contributed by atoms with Gasteiger partial charge in [0.05, 0.1) is 0 Å². The summed E-state index contributed by atoms with van der Waals surface area (Å²) in [6.07, 6.45) is 2.59. The third kappa shape index (κ3) is 1.17. The number of rotatable bonds is 1. The Hall–Kier alpha value is -1.16. The van der Waals surface area contributed by atoms with E-state index in [2.05, 4.69) is 5.32 Å². The van der Waals surface area contributed by atoms with Crippen LogP contribution in [0, 0.1) is 0 Å². The Balaban J connectivity index is 2.95. The van der Waals surface area contributed by atoms with Crippen LogP contribution in [0.2, 0.25) is 0 Å². The number of carbonyl (C=O) groups is 2. The quantitative estimate of drug-likeness (QED) is 0.524. The molecule has 0 aromatic carbocycles. The van der Waals surface area contributed by atoms with Gasteiger partial charge in [-0.3, -0.25) is 9.59 Å². The zero-order chi connectivity index (χ0) is 8.48. The highest BCUT2D eigenvalue weighted by Crippen LogP contribution is 2.10. The van der Waals surface area contributed by atoms with Crippen molar-refractivity contribution in [3.8, 4) is 0 Å². The van der Waals surface area contributed by atoms with Crippen LogP contribution in [-0.2, 0) is 14.3 Å². The van der Waals surface area contributed by atoms with Crippen molar-refractivity contribution < 1.29 is 14.3 Å². The van der Waals surface area contributed by atoms with Crippen molar-refractivity contribution in [3.63, 3.8) is 0 Å². The first-order valence-corrected chi connectivity index (χ1v) is 3.18. The van der Waals surface area contributed by atoms with Gasteiger partial charge in [0.2, 0.25) is 11.5 Å². The standard InChI is InChI=1S/C7H9NO3/c1-7(11-2)6(10)5(9)3-4-8-7/h3-4,8H,1-2H3. The summed E-state index contributed by atoms with van der Waals surface area (Å²) in [6, 6.07) is 0. The summed E-state index contributed by atoms with van der Waals surface area (Å²) in [5.41, 5.74) is -1.17. The highest BCUT2D eigenvalue weighted by molar-refractivity contribution is 6.44. The molecule has 1 rings (SSSR count). The minimum atomic E-state index is -1.17. The van der Waals surface area contributed by atoms with E-state index in [0.29, 0.717) is 0 Å². The molecule has 0 spiro atoms. The zero-order valence-corrected chi connectivity index (χ0v) is 6.38. The number of allylic oxidation sites excluding steroid dienone is 1. The van der Waals surface area contributed by atoms with Crippen molar-refractivity contribution in [1.82, 2.24) is 5.32 Å². The zero-order valence-electron chi connectivity index (χ0n) is 6.38. The van der Waals surface area contributed by atoms with E-state index >= 15 is 0 Å². The van der Waals surface area contributed by atoms with Gasteiger partial charge in [-0.05, 0) is 6.92 Å². The molecule has 11 heavy (non-hydrogen) atoms. The lowest BCUT2D eigenvalue weighted by atomic mass is 10.0. The van der Waals surface area contributed by atoms with Crippen LogP contribution in [0.15, 0.2) is 12.3 Å². The van der Waals surface area contributed by atoms with Crippen LogP contribution in [0.25, 0.3) is 0 Å². The third-order valence-electron chi connectivity index (χ3n) is 1.66. The normalized spacial score (nSPS) is 30.4. The van der Waals surface area contributed by atoms with Gasteiger partial charge >= 0.3 is 0 Å². The van der Waals surface area contributed by atoms with E-state index in [1.165, 1.54) is 26.3 Å². The highest BCUT2D eigenvalue weighted by Gasteiger charge is 2.37.